The van der Waals surface area contributed by atoms with Crippen LogP contribution in [0.15, 0.2) is 43.1 Å². The first-order valence-electron chi connectivity index (χ1n) is 8.82. The molecule has 0 fully saturated rings. The van der Waals surface area contributed by atoms with Crippen LogP contribution in [0.1, 0.15) is 11.5 Å². The normalized spacial score (nSPS) is 11.5. The lowest BCUT2D eigenvalue weighted by Crippen LogP contribution is -2.03. The molecule has 0 radical (unpaired) electrons. The zero-order valence-corrected chi connectivity index (χ0v) is 15.7. The van der Waals surface area contributed by atoms with Gasteiger partial charge in [0.1, 0.15) is 17.7 Å². The van der Waals surface area contributed by atoms with Crippen LogP contribution in [0.2, 0.25) is 0 Å². The van der Waals surface area contributed by atoms with Crippen molar-refractivity contribution in [1.82, 2.24) is 38.9 Å². The standard InChI is InChI=1S/C19H18N8O/c1-12-23-18-16(26(12)10-14-4-6-25(2)24-14)8-13(9-20-18)15-5-7-27-17(15)19(28-3)21-11-22-27/h4-9,11H,10H2,1-3H3. The van der Waals surface area contributed by atoms with Gasteiger partial charge in [-0.15, -0.1) is 0 Å². The molecule has 0 aliphatic carbocycles. The summed E-state index contributed by atoms with van der Waals surface area (Å²) in [6.45, 7) is 2.62. The van der Waals surface area contributed by atoms with E-state index in [9.17, 15) is 0 Å². The Labute approximate surface area is 160 Å². The monoisotopic (exact) mass is 374 g/mol. The smallest absolute Gasteiger partial charge is 0.241 e. The minimum atomic E-state index is 0.522. The molecule has 0 unspecified atom stereocenters. The summed E-state index contributed by atoms with van der Waals surface area (Å²) in [6, 6.07) is 6.08. The molecule has 0 saturated heterocycles. The van der Waals surface area contributed by atoms with Crippen LogP contribution in [0, 0.1) is 6.92 Å². The van der Waals surface area contributed by atoms with Crippen LogP contribution >= 0.6 is 0 Å². The molecule has 5 aromatic heterocycles. The van der Waals surface area contributed by atoms with Gasteiger partial charge in [0, 0.05) is 36.8 Å². The number of aryl methyl sites for hydroxylation is 2. The molecule has 0 aromatic carbocycles. The van der Waals surface area contributed by atoms with Crippen molar-refractivity contribution in [3.8, 4) is 17.0 Å². The minimum Gasteiger partial charge on any atom is -0.479 e. The van der Waals surface area contributed by atoms with E-state index < -0.39 is 0 Å². The molecule has 9 nitrogen and oxygen atoms in total. The predicted molar refractivity (Wildman–Crippen MR) is 103 cm³/mol. The van der Waals surface area contributed by atoms with Gasteiger partial charge in [0.25, 0.3) is 0 Å². The topological polar surface area (TPSA) is 88.0 Å². The van der Waals surface area contributed by atoms with Crippen LogP contribution < -0.4 is 4.74 Å². The third-order valence-electron chi connectivity index (χ3n) is 4.81. The highest BCUT2D eigenvalue weighted by Crippen LogP contribution is 2.31. The summed E-state index contributed by atoms with van der Waals surface area (Å²) < 4.78 is 11.1. The van der Waals surface area contributed by atoms with Crippen molar-refractivity contribution < 1.29 is 4.74 Å². The van der Waals surface area contributed by atoms with Crippen LogP contribution in [-0.2, 0) is 13.6 Å². The number of hydrogen-bond donors (Lipinski definition) is 0. The first-order chi connectivity index (χ1) is 13.6. The average molecular weight is 374 g/mol. The summed E-state index contributed by atoms with van der Waals surface area (Å²) in [5.74, 6) is 1.42. The first-order valence-corrected chi connectivity index (χ1v) is 8.82. The lowest BCUT2D eigenvalue weighted by atomic mass is 10.1. The Morgan fingerprint density at radius 2 is 2.04 bits per heavy atom. The molecule has 0 atom stereocenters. The van der Waals surface area contributed by atoms with Gasteiger partial charge >= 0.3 is 0 Å². The van der Waals surface area contributed by atoms with Crippen molar-refractivity contribution in [3.63, 3.8) is 0 Å². The molecule has 28 heavy (non-hydrogen) atoms. The molecule has 5 aromatic rings. The predicted octanol–water partition coefficient (Wildman–Crippen LogP) is 2.24. The molecular weight excluding hydrogens is 356 g/mol. The summed E-state index contributed by atoms with van der Waals surface area (Å²) in [7, 11) is 3.52. The second-order valence-electron chi connectivity index (χ2n) is 6.58. The van der Waals surface area contributed by atoms with Gasteiger partial charge in [-0.2, -0.15) is 15.2 Å². The van der Waals surface area contributed by atoms with Crippen LogP contribution in [-0.4, -0.2) is 46.0 Å². The quantitative estimate of drug-likeness (QED) is 0.479. The van der Waals surface area contributed by atoms with E-state index in [1.54, 1.807) is 16.3 Å². The van der Waals surface area contributed by atoms with Gasteiger partial charge in [-0.1, -0.05) is 0 Å². The van der Waals surface area contributed by atoms with E-state index in [4.69, 9.17) is 4.74 Å². The Bertz CT molecular complexity index is 1310. The number of hydrogen-bond acceptors (Lipinski definition) is 6. The summed E-state index contributed by atoms with van der Waals surface area (Å²) in [6.07, 6.45) is 7.12. The van der Waals surface area contributed by atoms with Crippen molar-refractivity contribution in [3.05, 3.63) is 54.6 Å². The molecule has 0 N–H and O–H groups in total. The molecule has 0 spiro atoms. The van der Waals surface area contributed by atoms with Crippen molar-refractivity contribution in [1.29, 1.82) is 0 Å². The number of nitrogens with zero attached hydrogens (tertiary/aromatic N) is 8. The molecule has 140 valence electrons. The zero-order valence-electron chi connectivity index (χ0n) is 15.7. The summed E-state index contributed by atoms with van der Waals surface area (Å²) in [5.41, 5.74) is 5.35. The van der Waals surface area contributed by atoms with E-state index in [1.807, 2.05) is 44.7 Å². The second kappa shape index (κ2) is 6.15. The minimum absolute atomic E-state index is 0.522. The van der Waals surface area contributed by atoms with E-state index in [-0.39, 0.29) is 0 Å². The number of ether oxygens (including phenoxy) is 1. The molecule has 5 rings (SSSR count). The van der Waals surface area contributed by atoms with Crippen molar-refractivity contribution in [2.75, 3.05) is 7.11 Å². The molecule has 0 aliphatic rings. The van der Waals surface area contributed by atoms with Gasteiger partial charge in [-0.05, 0) is 25.1 Å². The summed E-state index contributed by atoms with van der Waals surface area (Å²) in [5, 5.41) is 8.74. The van der Waals surface area contributed by atoms with Crippen LogP contribution in [0.25, 0.3) is 27.8 Å². The summed E-state index contributed by atoms with van der Waals surface area (Å²) in [4.78, 5) is 13.4. The Hall–Kier alpha value is -3.75. The molecule has 5 heterocycles. The lowest BCUT2D eigenvalue weighted by Gasteiger charge is -2.07. The maximum atomic E-state index is 5.42. The number of pyridine rings is 1. The Morgan fingerprint density at radius 1 is 1.14 bits per heavy atom. The Balaban J connectivity index is 1.67. The number of imidazole rings is 1. The zero-order chi connectivity index (χ0) is 19.3. The molecule has 0 bridgehead atoms. The largest absolute Gasteiger partial charge is 0.479 e. The highest BCUT2D eigenvalue weighted by Gasteiger charge is 2.16. The highest BCUT2D eigenvalue weighted by molar-refractivity contribution is 5.87. The van der Waals surface area contributed by atoms with Crippen molar-refractivity contribution in [2.24, 2.45) is 7.05 Å². The van der Waals surface area contributed by atoms with Crippen LogP contribution in [0.4, 0.5) is 0 Å². The van der Waals surface area contributed by atoms with Crippen LogP contribution in [0.3, 0.4) is 0 Å². The molecule has 0 saturated carbocycles. The molecule has 0 amide bonds. The third kappa shape index (κ3) is 2.51. The van der Waals surface area contributed by atoms with E-state index in [2.05, 4.69) is 35.8 Å². The van der Waals surface area contributed by atoms with Gasteiger partial charge in [0.05, 0.1) is 24.9 Å². The van der Waals surface area contributed by atoms with E-state index in [0.717, 1.165) is 33.7 Å². The van der Waals surface area contributed by atoms with Gasteiger partial charge in [0.2, 0.25) is 5.88 Å². The molecule has 0 aliphatic heterocycles. The number of fused-ring (bicyclic) bond motifs is 2. The van der Waals surface area contributed by atoms with E-state index in [1.165, 1.54) is 6.33 Å². The van der Waals surface area contributed by atoms with Gasteiger partial charge in [-0.25, -0.2) is 14.5 Å². The fraction of sp³-hybridized carbons (Fsp3) is 0.211. The van der Waals surface area contributed by atoms with Gasteiger partial charge in [0.15, 0.2) is 5.65 Å². The maximum Gasteiger partial charge on any atom is 0.241 e. The first kappa shape index (κ1) is 16.4. The van der Waals surface area contributed by atoms with Crippen molar-refractivity contribution >= 4 is 16.7 Å². The Kier molecular flexibility index (Phi) is 3.61. The van der Waals surface area contributed by atoms with Gasteiger partial charge in [-0.3, -0.25) is 4.68 Å². The Morgan fingerprint density at radius 3 is 2.82 bits per heavy atom. The van der Waals surface area contributed by atoms with E-state index in [0.29, 0.717) is 18.1 Å². The second-order valence-corrected chi connectivity index (χ2v) is 6.58. The SMILES string of the molecule is COc1ncnn2ccc(-c3cnc4nc(C)n(Cc5ccn(C)n5)c4c3)c12. The fourth-order valence-electron chi connectivity index (χ4n) is 3.48. The lowest BCUT2D eigenvalue weighted by molar-refractivity contribution is 0.399. The fourth-order valence-corrected chi connectivity index (χ4v) is 3.48. The highest BCUT2D eigenvalue weighted by atomic mass is 16.5. The van der Waals surface area contributed by atoms with Gasteiger partial charge < -0.3 is 9.30 Å². The van der Waals surface area contributed by atoms with E-state index >= 15 is 0 Å². The summed E-state index contributed by atoms with van der Waals surface area (Å²) >= 11 is 0. The average Bonchev–Trinajstić information content (AvgIpc) is 3.39. The van der Waals surface area contributed by atoms with Crippen molar-refractivity contribution in [2.45, 2.75) is 13.5 Å². The maximum absolute atomic E-state index is 5.42. The number of methoxy groups -OCH3 is 1. The van der Waals surface area contributed by atoms with Crippen LogP contribution in [0.5, 0.6) is 5.88 Å². The molecule has 9 heteroatoms. The number of rotatable bonds is 4. The number of aromatic nitrogens is 8. The third-order valence-corrected chi connectivity index (χ3v) is 4.81. The molecular formula is C19H18N8O.